The molecule has 0 radical (unpaired) electrons. The Labute approximate surface area is 83.1 Å². The molecule has 3 N–H and O–H groups in total. The Kier molecular flexibility index (Phi) is 3.25. The van der Waals surface area contributed by atoms with Gasteiger partial charge in [-0.3, -0.25) is 5.10 Å². The van der Waals surface area contributed by atoms with Crippen molar-refractivity contribution in [2.75, 3.05) is 20.1 Å². The number of nitrogens with two attached hydrogens (primary N) is 1. The molecular formula is C7H14N4O2S. The van der Waals surface area contributed by atoms with Crippen molar-refractivity contribution in [2.45, 2.75) is 11.8 Å². The molecule has 0 saturated heterocycles. The van der Waals surface area contributed by atoms with Crippen molar-refractivity contribution in [3.8, 4) is 0 Å². The van der Waals surface area contributed by atoms with Crippen molar-refractivity contribution < 1.29 is 8.42 Å². The lowest BCUT2D eigenvalue weighted by Gasteiger charge is -2.14. The van der Waals surface area contributed by atoms with E-state index in [9.17, 15) is 8.42 Å². The highest BCUT2D eigenvalue weighted by Crippen LogP contribution is 2.15. The number of hydrogen-bond donors (Lipinski definition) is 2. The third-order valence-corrected chi connectivity index (χ3v) is 3.89. The minimum Gasteiger partial charge on any atom is -0.329 e. The number of H-pyrrole nitrogens is 1. The van der Waals surface area contributed by atoms with Crippen LogP contribution in [0.3, 0.4) is 0 Å². The standard InChI is InChI=1S/C7H14N4O2S/c1-6-7(5-9-10-6)14(12,13)11(2)4-3-8/h5H,3-4,8H2,1-2H3,(H,9,10). The Morgan fingerprint density at radius 2 is 2.29 bits per heavy atom. The number of aryl methyl sites for hydroxylation is 1. The zero-order valence-electron chi connectivity index (χ0n) is 8.19. The van der Waals surface area contributed by atoms with Gasteiger partial charge in [0.15, 0.2) is 0 Å². The molecule has 0 saturated carbocycles. The molecule has 0 atom stereocenters. The number of sulfonamides is 1. The van der Waals surface area contributed by atoms with Crippen molar-refractivity contribution >= 4 is 10.0 Å². The SMILES string of the molecule is Cc1[nH]ncc1S(=O)(=O)N(C)CCN. The summed E-state index contributed by atoms with van der Waals surface area (Å²) in [6.45, 7) is 2.26. The van der Waals surface area contributed by atoms with Crippen molar-refractivity contribution in [1.82, 2.24) is 14.5 Å². The monoisotopic (exact) mass is 218 g/mol. The van der Waals surface area contributed by atoms with E-state index in [2.05, 4.69) is 10.2 Å². The van der Waals surface area contributed by atoms with Crippen LogP contribution < -0.4 is 5.73 Å². The number of nitrogens with zero attached hydrogens (tertiary/aromatic N) is 2. The highest BCUT2D eigenvalue weighted by atomic mass is 32.2. The number of aromatic nitrogens is 2. The highest BCUT2D eigenvalue weighted by molar-refractivity contribution is 7.89. The zero-order valence-corrected chi connectivity index (χ0v) is 9.00. The van der Waals surface area contributed by atoms with E-state index in [-0.39, 0.29) is 4.90 Å². The normalized spacial score (nSPS) is 12.3. The lowest BCUT2D eigenvalue weighted by molar-refractivity contribution is 0.476. The molecule has 0 aliphatic rings. The largest absolute Gasteiger partial charge is 0.329 e. The molecule has 0 aromatic carbocycles. The molecule has 0 spiro atoms. The number of aromatic amines is 1. The van der Waals surface area contributed by atoms with Gasteiger partial charge in [0, 0.05) is 20.1 Å². The average molecular weight is 218 g/mol. The van der Waals surface area contributed by atoms with E-state index < -0.39 is 10.0 Å². The maximum Gasteiger partial charge on any atom is 0.246 e. The van der Waals surface area contributed by atoms with Crippen molar-refractivity contribution in [3.05, 3.63) is 11.9 Å². The van der Waals surface area contributed by atoms with Crippen LogP contribution in [0.15, 0.2) is 11.1 Å². The molecule has 0 fully saturated rings. The quantitative estimate of drug-likeness (QED) is 0.698. The first-order valence-electron chi connectivity index (χ1n) is 4.16. The summed E-state index contributed by atoms with van der Waals surface area (Å²) in [4.78, 5) is 0.202. The van der Waals surface area contributed by atoms with Crippen LogP contribution in [0.4, 0.5) is 0 Å². The van der Waals surface area contributed by atoms with Crippen molar-refractivity contribution in [2.24, 2.45) is 5.73 Å². The first kappa shape index (κ1) is 11.2. The van der Waals surface area contributed by atoms with Gasteiger partial charge in [-0.15, -0.1) is 0 Å². The van der Waals surface area contributed by atoms with Crippen LogP contribution in [0.1, 0.15) is 5.69 Å². The summed E-state index contributed by atoms with van der Waals surface area (Å²) in [5.74, 6) is 0. The molecule has 0 unspecified atom stereocenters. The summed E-state index contributed by atoms with van der Waals surface area (Å²) >= 11 is 0. The van der Waals surface area contributed by atoms with Gasteiger partial charge in [0.05, 0.1) is 11.9 Å². The minimum atomic E-state index is -3.43. The van der Waals surface area contributed by atoms with Gasteiger partial charge in [-0.25, -0.2) is 8.42 Å². The number of hydrogen-bond acceptors (Lipinski definition) is 4. The molecule has 0 aliphatic carbocycles. The fourth-order valence-corrected chi connectivity index (χ4v) is 2.37. The summed E-state index contributed by atoms with van der Waals surface area (Å²) < 4.78 is 24.8. The fourth-order valence-electron chi connectivity index (χ4n) is 1.07. The van der Waals surface area contributed by atoms with Gasteiger partial charge in [0.1, 0.15) is 4.90 Å². The van der Waals surface area contributed by atoms with Crippen molar-refractivity contribution in [1.29, 1.82) is 0 Å². The molecule has 6 nitrogen and oxygen atoms in total. The Morgan fingerprint density at radius 3 is 2.71 bits per heavy atom. The predicted octanol–water partition coefficient (Wildman–Crippen LogP) is -0.703. The Morgan fingerprint density at radius 1 is 1.64 bits per heavy atom. The van der Waals surface area contributed by atoms with Gasteiger partial charge in [0.2, 0.25) is 10.0 Å². The topological polar surface area (TPSA) is 92.1 Å². The second kappa shape index (κ2) is 4.07. The molecule has 1 heterocycles. The first-order valence-corrected chi connectivity index (χ1v) is 5.60. The number of likely N-dealkylation sites (N-methyl/N-ethyl adjacent to an activating group) is 1. The van der Waals surface area contributed by atoms with Crippen LogP contribution in [0.5, 0.6) is 0 Å². The van der Waals surface area contributed by atoms with E-state index in [0.29, 0.717) is 18.8 Å². The summed E-state index contributed by atoms with van der Waals surface area (Å²) in [5.41, 5.74) is 5.82. The molecule has 1 aromatic heterocycles. The molecule has 14 heavy (non-hydrogen) atoms. The number of rotatable bonds is 4. The van der Waals surface area contributed by atoms with E-state index in [4.69, 9.17) is 5.73 Å². The van der Waals surface area contributed by atoms with Gasteiger partial charge in [-0.2, -0.15) is 9.40 Å². The van der Waals surface area contributed by atoms with Crippen LogP contribution in [-0.2, 0) is 10.0 Å². The third-order valence-electron chi connectivity index (χ3n) is 1.92. The van der Waals surface area contributed by atoms with E-state index in [0.717, 1.165) is 0 Å². The smallest absolute Gasteiger partial charge is 0.246 e. The molecule has 0 bridgehead atoms. The molecule has 7 heteroatoms. The van der Waals surface area contributed by atoms with Crippen molar-refractivity contribution in [3.63, 3.8) is 0 Å². The maximum absolute atomic E-state index is 11.8. The summed E-state index contributed by atoms with van der Waals surface area (Å²) in [6, 6.07) is 0. The second-order valence-electron chi connectivity index (χ2n) is 2.97. The molecule has 1 aromatic rings. The third kappa shape index (κ3) is 1.94. The van der Waals surface area contributed by atoms with E-state index in [1.807, 2.05) is 0 Å². The highest BCUT2D eigenvalue weighted by Gasteiger charge is 2.23. The Balaban J connectivity index is 3.03. The Bertz CT molecular complexity index is 398. The summed E-state index contributed by atoms with van der Waals surface area (Å²) in [6.07, 6.45) is 1.30. The minimum absolute atomic E-state index is 0.202. The fraction of sp³-hybridized carbons (Fsp3) is 0.571. The van der Waals surface area contributed by atoms with E-state index >= 15 is 0 Å². The van der Waals surface area contributed by atoms with Crippen LogP contribution in [0.2, 0.25) is 0 Å². The van der Waals surface area contributed by atoms with Gasteiger partial charge < -0.3 is 5.73 Å². The first-order chi connectivity index (χ1) is 6.50. The van der Waals surface area contributed by atoms with E-state index in [1.165, 1.54) is 17.5 Å². The van der Waals surface area contributed by atoms with Gasteiger partial charge >= 0.3 is 0 Å². The summed E-state index contributed by atoms with van der Waals surface area (Å²) in [7, 11) is -1.93. The number of nitrogens with one attached hydrogen (secondary N) is 1. The zero-order chi connectivity index (χ0) is 10.8. The average Bonchev–Trinajstić information content (AvgIpc) is 2.52. The lowest BCUT2D eigenvalue weighted by atomic mass is 10.5. The molecule has 80 valence electrons. The molecule has 0 amide bonds. The molecule has 1 rings (SSSR count). The Hall–Kier alpha value is -0.920. The predicted molar refractivity (Wildman–Crippen MR) is 52.2 cm³/mol. The van der Waals surface area contributed by atoms with Crippen LogP contribution in [-0.4, -0.2) is 43.1 Å². The summed E-state index contributed by atoms with van der Waals surface area (Å²) in [5, 5.41) is 6.25. The molecular weight excluding hydrogens is 204 g/mol. The van der Waals surface area contributed by atoms with Crippen LogP contribution in [0.25, 0.3) is 0 Å². The van der Waals surface area contributed by atoms with Gasteiger partial charge in [0.25, 0.3) is 0 Å². The lowest BCUT2D eigenvalue weighted by Crippen LogP contribution is -2.31. The second-order valence-corrected chi connectivity index (χ2v) is 4.99. The van der Waals surface area contributed by atoms with Gasteiger partial charge in [-0.1, -0.05) is 0 Å². The molecule has 0 aliphatic heterocycles. The maximum atomic E-state index is 11.8. The van der Waals surface area contributed by atoms with E-state index in [1.54, 1.807) is 6.92 Å². The van der Waals surface area contributed by atoms with Gasteiger partial charge in [-0.05, 0) is 6.92 Å². The van der Waals surface area contributed by atoms with Crippen LogP contribution in [0, 0.1) is 6.92 Å². The van der Waals surface area contributed by atoms with Crippen LogP contribution >= 0.6 is 0 Å².